The number of aryl methyl sites for hydroxylation is 1. The highest BCUT2D eigenvalue weighted by Crippen LogP contribution is 2.25. The van der Waals surface area contributed by atoms with E-state index in [9.17, 15) is 9.59 Å². The Balaban J connectivity index is 1.83. The summed E-state index contributed by atoms with van der Waals surface area (Å²) in [6, 6.07) is 8.32. The van der Waals surface area contributed by atoms with E-state index in [2.05, 4.69) is 5.32 Å². The molecule has 6 heteroatoms. The third kappa shape index (κ3) is 4.04. The Hall–Kier alpha value is -2.27. The number of hydrogen-bond donors (Lipinski definition) is 1. The van der Waals surface area contributed by atoms with Gasteiger partial charge in [-0.15, -0.1) is 0 Å². The summed E-state index contributed by atoms with van der Waals surface area (Å²) in [5, 5.41) is 3.22. The van der Waals surface area contributed by atoms with Gasteiger partial charge < -0.3 is 14.6 Å². The van der Waals surface area contributed by atoms with Crippen LogP contribution in [0.5, 0.6) is 0 Å². The predicted octanol–water partition coefficient (Wildman–Crippen LogP) is 4.37. The molecule has 0 aliphatic carbocycles. The molecule has 1 N–H and O–H groups in total. The van der Waals surface area contributed by atoms with Crippen molar-refractivity contribution in [3.63, 3.8) is 0 Å². The van der Waals surface area contributed by atoms with Gasteiger partial charge in [0.15, 0.2) is 5.76 Å². The number of nitrogens with zero attached hydrogens (tertiary/aromatic N) is 1. The lowest BCUT2D eigenvalue weighted by molar-refractivity contribution is 0.0725. The molecule has 1 aromatic carbocycles. The van der Waals surface area contributed by atoms with Gasteiger partial charge in [-0.05, 0) is 49.6 Å². The molecule has 25 heavy (non-hydrogen) atoms. The number of amides is 2. The van der Waals surface area contributed by atoms with Crippen molar-refractivity contribution in [2.45, 2.75) is 32.6 Å². The maximum absolute atomic E-state index is 12.8. The van der Waals surface area contributed by atoms with Crippen molar-refractivity contribution < 1.29 is 14.0 Å². The zero-order valence-electron chi connectivity index (χ0n) is 14.2. The Labute approximate surface area is 151 Å². The summed E-state index contributed by atoms with van der Waals surface area (Å²) < 4.78 is 5.47. The summed E-state index contributed by atoms with van der Waals surface area (Å²) in [4.78, 5) is 27.1. The standard InChI is InChI=1S/C19H21ClN2O3/c1-2-14-7-9-17(25-14)18(23)21-16-12-13(20)6-8-15(16)19(24)22-10-4-3-5-11-22/h6-9,12H,2-5,10-11H2,1H3,(H,21,23). The van der Waals surface area contributed by atoms with Gasteiger partial charge in [-0.25, -0.2) is 0 Å². The molecular formula is C19H21ClN2O3. The molecule has 1 aliphatic heterocycles. The molecule has 0 saturated carbocycles. The molecule has 0 spiro atoms. The van der Waals surface area contributed by atoms with Crippen molar-refractivity contribution in [3.8, 4) is 0 Å². The van der Waals surface area contributed by atoms with Gasteiger partial charge in [0.05, 0.1) is 11.3 Å². The predicted molar refractivity (Wildman–Crippen MR) is 97.2 cm³/mol. The minimum absolute atomic E-state index is 0.0830. The molecule has 0 bridgehead atoms. The van der Waals surface area contributed by atoms with E-state index < -0.39 is 5.91 Å². The number of carbonyl (C=O) groups is 2. The number of furan rings is 1. The Morgan fingerprint density at radius 3 is 2.60 bits per heavy atom. The Morgan fingerprint density at radius 1 is 1.16 bits per heavy atom. The summed E-state index contributed by atoms with van der Waals surface area (Å²) in [6.45, 7) is 3.44. The molecule has 2 aromatic rings. The summed E-state index contributed by atoms with van der Waals surface area (Å²) in [5.41, 5.74) is 0.851. The van der Waals surface area contributed by atoms with Crippen molar-refractivity contribution in [2.75, 3.05) is 18.4 Å². The number of halogens is 1. The lowest BCUT2D eigenvalue weighted by Crippen LogP contribution is -2.36. The second-order valence-corrected chi connectivity index (χ2v) is 6.55. The van der Waals surface area contributed by atoms with Crippen molar-refractivity contribution in [2.24, 2.45) is 0 Å². The normalized spacial score (nSPS) is 14.4. The molecule has 1 fully saturated rings. The van der Waals surface area contributed by atoms with Crippen LogP contribution >= 0.6 is 11.6 Å². The molecular weight excluding hydrogens is 340 g/mol. The van der Waals surface area contributed by atoms with Crippen molar-refractivity contribution >= 4 is 29.1 Å². The number of carbonyl (C=O) groups excluding carboxylic acids is 2. The van der Waals surface area contributed by atoms with E-state index in [1.54, 1.807) is 30.3 Å². The first-order valence-corrected chi connectivity index (χ1v) is 8.95. The minimum atomic E-state index is -0.394. The molecule has 1 aliphatic rings. The van der Waals surface area contributed by atoms with Gasteiger partial charge in [0.2, 0.25) is 0 Å². The molecule has 2 heterocycles. The first-order chi connectivity index (χ1) is 12.1. The maximum Gasteiger partial charge on any atom is 0.291 e. The Bertz CT molecular complexity index is 779. The highest BCUT2D eigenvalue weighted by atomic mass is 35.5. The van der Waals surface area contributed by atoms with Crippen molar-refractivity contribution in [1.29, 1.82) is 0 Å². The van der Waals surface area contributed by atoms with Gasteiger partial charge in [0.1, 0.15) is 5.76 Å². The summed E-state index contributed by atoms with van der Waals surface area (Å²) in [7, 11) is 0. The number of nitrogens with one attached hydrogen (secondary N) is 1. The van der Waals surface area contributed by atoms with Gasteiger partial charge in [-0.3, -0.25) is 9.59 Å². The average molecular weight is 361 g/mol. The van der Waals surface area contributed by atoms with Crippen molar-refractivity contribution in [3.05, 3.63) is 52.4 Å². The third-order valence-corrected chi connectivity index (χ3v) is 4.57. The quantitative estimate of drug-likeness (QED) is 0.880. The molecule has 0 atom stereocenters. The van der Waals surface area contributed by atoms with E-state index in [0.29, 0.717) is 22.7 Å². The SMILES string of the molecule is CCc1ccc(C(=O)Nc2cc(Cl)ccc2C(=O)N2CCCCC2)o1. The second-order valence-electron chi connectivity index (χ2n) is 6.12. The van der Waals surface area contributed by atoms with E-state index in [-0.39, 0.29) is 11.7 Å². The van der Waals surface area contributed by atoms with Crippen LogP contribution in [-0.2, 0) is 6.42 Å². The summed E-state index contributed by atoms with van der Waals surface area (Å²) in [5.74, 6) is 0.476. The largest absolute Gasteiger partial charge is 0.456 e. The molecule has 0 unspecified atom stereocenters. The lowest BCUT2D eigenvalue weighted by atomic mass is 10.1. The molecule has 132 valence electrons. The first kappa shape index (κ1) is 17.5. The molecule has 2 amide bonds. The van der Waals surface area contributed by atoms with E-state index in [4.69, 9.17) is 16.0 Å². The summed E-state index contributed by atoms with van der Waals surface area (Å²) in [6.07, 6.45) is 3.87. The van der Waals surface area contributed by atoms with Crippen LogP contribution < -0.4 is 5.32 Å². The Morgan fingerprint density at radius 2 is 1.92 bits per heavy atom. The van der Waals surface area contributed by atoms with Gasteiger partial charge >= 0.3 is 0 Å². The fraction of sp³-hybridized carbons (Fsp3) is 0.368. The van der Waals surface area contributed by atoms with Crippen LogP contribution in [0, 0.1) is 0 Å². The van der Waals surface area contributed by atoms with Crippen LogP contribution in [0.2, 0.25) is 5.02 Å². The zero-order valence-corrected chi connectivity index (χ0v) is 14.9. The zero-order chi connectivity index (χ0) is 17.8. The number of likely N-dealkylation sites (tertiary alicyclic amines) is 1. The van der Waals surface area contributed by atoms with E-state index >= 15 is 0 Å². The van der Waals surface area contributed by atoms with E-state index in [1.807, 2.05) is 11.8 Å². The molecule has 3 rings (SSSR count). The lowest BCUT2D eigenvalue weighted by Gasteiger charge is -2.27. The highest BCUT2D eigenvalue weighted by Gasteiger charge is 2.22. The van der Waals surface area contributed by atoms with Crippen molar-refractivity contribution in [1.82, 2.24) is 4.90 Å². The number of benzene rings is 1. The number of rotatable bonds is 4. The van der Waals surface area contributed by atoms with Crippen LogP contribution in [0.1, 0.15) is 52.9 Å². The summed E-state index contributed by atoms with van der Waals surface area (Å²) >= 11 is 6.06. The van der Waals surface area contributed by atoms with Crippen LogP contribution in [-0.4, -0.2) is 29.8 Å². The number of anilines is 1. The van der Waals surface area contributed by atoms with Gasteiger partial charge in [0, 0.05) is 24.5 Å². The van der Waals surface area contributed by atoms with Gasteiger partial charge in [0.25, 0.3) is 11.8 Å². The number of piperidine rings is 1. The van der Waals surface area contributed by atoms with Crippen LogP contribution in [0.4, 0.5) is 5.69 Å². The highest BCUT2D eigenvalue weighted by molar-refractivity contribution is 6.31. The molecule has 5 nitrogen and oxygen atoms in total. The van der Waals surface area contributed by atoms with E-state index in [0.717, 1.165) is 38.1 Å². The average Bonchev–Trinajstić information content (AvgIpc) is 3.11. The first-order valence-electron chi connectivity index (χ1n) is 8.57. The third-order valence-electron chi connectivity index (χ3n) is 4.34. The smallest absolute Gasteiger partial charge is 0.291 e. The van der Waals surface area contributed by atoms with Crippen LogP contribution in [0.3, 0.4) is 0 Å². The molecule has 1 saturated heterocycles. The van der Waals surface area contributed by atoms with Gasteiger partial charge in [-0.1, -0.05) is 18.5 Å². The second kappa shape index (κ2) is 7.74. The maximum atomic E-state index is 12.8. The molecule has 0 radical (unpaired) electrons. The van der Waals surface area contributed by atoms with E-state index in [1.165, 1.54) is 0 Å². The molecule has 1 aromatic heterocycles. The fourth-order valence-corrected chi connectivity index (χ4v) is 3.12. The topological polar surface area (TPSA) is 62.6 Å². The van der Waals surface area contributed by atoms with Crippen LogP contribution in [0.15, 0.2) is 34.7 Å². The monoisotopic (exact) mass is 360 g/mol. The minimum Gasteiger partial charge on any atom is -0.456 e. The van der Waals surface area contributed by atoms with Gasteiger partial charge in [-0.2, -0.15) is 0 Å². The van der Waals surface area contributed by atoms with Crippen LogP contribution in [0.25, 0.3) is 0 Å². The number of hydrogen-bond acceptors (Lipinski definition) is 3. The fourth-order valence-electron chi connectivity index (χ4n) is 2.95. The Kier molecular flexibility index (Phi) is 5.43.